The fourth-order valence-electron chi connectivity index (χ4n) is 2.50. The second kappa shape index (κ2) is 6.27. The number of anilines is 1. The number of hydrogen-bond acceptors (Lipinski definition) is 6. The zero-order valence-corrected chi connectivity index (χ0v) is 15.2. The van der Waals surface area contributed by atoms with Crippen LogP contribution in [0.3, 0.4) is 0 Å². The van der Waals surface area contributed by atoms with E-state index in [9.17, 15) is 8.42 Å². The SMILES string of the molecule is Cc1ccc(CS(=O)(=O)Nc2ccsc2-c2nc(C3CC3)no2)cc1. The van der Waals surface area contributed by atoms with E-state index in [-0.39, 0.29) is 5.75 Å². The highest BCUT2D eigenvalue weighted by atomic mass is 32.2. The maximum absolute atomic E-state index is 12.5. The zero-order valence-electron chi connectivity index (χ0n) is 13.6. The van der Waals surface area contributed by atoms with Crippen molar-refractivity contribution in [3.05, 3.63) is 52.7 Å². The van der Waals surface area contributed by atoms with Crippen LogP contribution in [-0.4, -0.2) is 18.6 Å². The molecule has 1 saturated carbocycles. The molecule has 0 bridgehead atoms. The fraction of sp³-hybridized carbons (Fsp3) is 0.294. The quantitative estimate of drug-likeness (QED) is 0.706. The Labute approximate surface area is 150 Å². The average Bonchev–Trinajstić information content (AvgIpc) is 3.12. The summed E-state index contributed by atoms with van der Waals surface area (Å²) in [5, 5.41) is 5.80. The molecule has 1 aliphatic carbocycles. The Hall–Kier alpha value is -2.19. The maximum atomic E-state index is 12.5. The molecule has 0 amide bonds. The predicted octanol–water partition coefficient (Wildman–Crippen LogP) is 3.93. The molecule has 1 fully saturated rings. The molecular weight excluding hydrogens is 358 g/mol. The van der Waals surface area contributed by atoms with Crippen molar-refractivity contribution in [1.82, 2.24) is 10.1 Å². The molecular formula is C17H17N3O3S2. The van der Waals surface area contributed by atoms with Crippen molar-refractivity contribution in [2.45, 2.75) is 31.4 Å². The van der Waals surface area contributed by atoms with E-state index in [2.05, 4.69) is 14.9 Å². The van der Waals surface area contributed by atoms with E-state index >= 15 is 0 Å². The molecule has 1 N–H and O–H groups in total. The molecule has 4 rings (SSSR count). The first-order chi connectivity index (χ1) is 12.0. The van der Waals surface area contributed by atoms with E-state index < -0.39 is 10.0 Å². The molecule has 130 valence electrons. The van der Waals surface area contributed by atoms with E-state index in [0.717, 1.165) is 24.0 Å². The zero-order chi connectivity index (χ0) is 17.4. The predicted molar refractivity (Wildman–Crippen MR) is 97.0 cm³/mol. The van der Waals surface area contributed by atoms with Crippen LogP contribution >= 0.6 is 11.3 Å². The van der Waals surface area contributed by atoms with Crippen molar-refractivity contribution in [2.75, 3.05) is 4.72 Å². The molecule has 3 aromatic rings. The van der Waals surface area contributed by atoms with Gasteiger partial charge in [-0.1, -0.05) is 35.0 Å². The molecule has 0 unspecified atom stereocenters. The molecule has 2 aromatic heterocycles. The molecule has 1 aliphatic rings. The van der Waals surface area contributed by atoms with Gasteiger partial charge in [-0.05, 0) is 36.8 Å². The summed E-state index contributed by atoms with van der Waals surface area (Å²) in [5.41, 5.74) is 2.31. The highest BCUT2D eigenvalue weighted by molar-refractivity contribution is 7.92. The van der Waals surface area contributed by atoms with Crippen LogP contribution in [0.2, 0.25) is 0 Å². The average molecular weight is 375 g/mol. The summed E-state index contributed by atoms with van der Waals surface area (Å²) in [5.74, 6) is 1.38. The number of sulfonamides is 1. The van der Waals surface area contributed by atoms with E-state index in [4.69, 9.17) is 4.52 Å². The largest absolute Gasteiger partial charge is 0.333 e. The monoisotopic (exact) mass is 375 g/mol. The molecule has 0 atom stereocenters. The maximum Gasteiger partial charge on any atom is 0.270 e. The minimum Gasteiger partial charge on any atom is -0.333 e. The topological polar surface area (TPSA) is 85.1 Å². The number of nitrogens with zero attached hydrogens (tertiary/aromatic N) is 2. The van der Waals surface area contributed by atoms with E-state index in [1.54, 1.807) is 11.4 Å². The summed E-state index contributed by atoms with van der Waals surface area (Å²) in [6.45, 7) is 1.97. The second-order valence-electron chi connectivity index (χ2n) is 6.24. The van der Waals surface area contributed by atoms with Gasteiger partial charge in [0, 0.05) is 5.92 Å². The summed E-state index contributed by atoms with van der Waals surface area (Å²) >= 11 is 1.37. The Bertz CT molecular complexity index is 986. The number of aromatic nitrogens is 2. The van der Waals surface area contributed by atoms with Gasteiger partial charge in [-0.25, -0.2) is 8.42 Å². The summed E-state index contributed by atoms with van der Waals surface area (Å²) in [4.78, 5) is 5.04. The first-order valence-electron chi connectivity index (χ1n) is 7.98. The van der Waals surface area contributed by atoms with Gasteiger partial charge in [-0.2, -0.15) is 4.98 Å². The first kappa shape index (κ1) is 16.3. The lowest BCUT2D eigenvalue weighted by atomic mass is 10.2. The van der Waals surface area contributed by atoms with Crippen LogP contribution in [0.25, 0.3) is 10.8 Å². The van der Waals surface area contributed by atoms with Gasteiger partial charge in [0.25, 0.3) is 5.89 Å². The molecule has 0 aliphatic heterocycles. The number of benzene rings is 1. The summed E-state index contributed by atoms with van der Waals surface area (Å²) < 4.78 is 32.9. The van der Waals surface area contributed by atoms with Crippen molar-refractivity contribution in [3.8, 4) is 10.8 Å². The molecule has 25 heavy (non-hydrogen) atoms. The molecule has 0 radical (unpaired) electrons. The number of hydrogen-bond donors (Lipinski definition) is 1. The molecule has 0 spiro atoms. The highest BCUT2D eigenvalue weighted by Crippen LogP contribution is 2.40. The van der Waals surface area contributed by atoms with Gasteiger partial charge in [0.2, 0.25) is 10.0 Å². The first-order valence-corrected chi connectivity index (χ1v) is 10.5. The fourth-order valence-corrected chi connectivity index (χ4v) is 4.54. The second-order valence-corrected chi connectivity index (χ2v) is 8.88. The summed E-state index contributed by atoms with van der Waals surface area (Å²) in [7, 11) is -3.53. The van der Waals surface area contributed by atoms with Gasteiger partial charge in [0.05, 0.1) is 11.4 Å². The van der Waals surface area contributed by atoms with Crippen LogP contribution in [0.4, 0.5) is 5.69 Å². The van der Waals surface area contributed by atoms with E-state index in [0.29, 0.717) is 28.2 Å². The normalized spacial score (nSPS) is 14.6. The van der Waals surface area contributed by atoms with E-state index in [1.807, 2.05) is 31.2 Å². The minimum absolute atomic E-state index is 0.0836. The van der Waals surface area contributed by atoms with Crippen LogP contribution in [0.1, 0.15) is 35.7 Å². The molecule has 8 heteroatoms. The standard InChI is InChI=1S/C17H17N3O3S2/c1-11-2-4-12(5-3-11)10-25(21,22)20-14-8-9-24-15(14)17-18-16(19-23-17)13-6-7-13/h2-5,8-9,13,20H,6-7,10H2,1H3. The van der Waals surface area contributed by atoms with Gasteiger partial charge in [-0.3, -0.25) is 4.72 Å². The van der Waals surface area contributed by atoms with Crippen LogP contribution in [0, 0.1) is 6.92 Å². The van der Waals surface area contributed by atoms with Crippen LogP contribution < -0.4 is 4.72 Å². The smallest absolute Gasteiger partial charge is 0.270 e. The molecule has 1 aromatic carbocycles. The van der Waals surface area contributed by atoms with Crippen LogP contribution in [0.15, 0.2) is 40.2 Å². The third kappa shape index (κ3) is 3.74. The van der Waals surface area contributed by atoms with Crippen LogP contribution in [-0.2, 0) is 15.8 Å². The van der Waals surface area contributed by atoms with Gasteiger partial charge >= 0.3 is 0 Å². The molecule has 0 saturated heterocycles. The van der Waals surface area contributed by atoms with Crippen molar-refractivity contribution >= 4 is 27.0 Å². The third-order valence-electron chi connectivity index (χ3n) is 3.99. The third-order valence-corrected chi connectivity index (χ3v) is 6.13. The number of nitrogens with one attached hydrogen (secondary N) is 1. The van der Waals surface area contributed by atoms with Gasteiger partial charge < -0.3 is 4.52 Å². The van der Waals surface area contributed by atoms with E-state index in [1.165, 1.54) is 11.3 Å². The van der Waals surface area contributed by atoms with Crippen molar-refractivity contribution in [3.63, 3.8) is 0 Å². The van der Waals surface area contributed by atoms with Crippen LogP contribution in [0.5, 0.6) is 0 Å². The Kier molecular flexibility index (Phi) is 4.09. The Morgan fingerprint density at radius 2 is 2.00 bits per heavy atom. The summed E-state index contributed by atoms with van der Waals surface area (Å²) in [6.07, 6.45) is 2.17. The lowest BCUT2D eigenvalue weighted by molar-refractivity contribution is 0.423. The highest BCUT2D eigenvalue weighted by Gasteiger charge is 2.29. The Morgan fingerprint density at radius 1 is 1.24 bits per heavy atom. The lowest BCUT2D eigenvalue weighted by Gasteiger charge is -2.08. The molecule has 6 nitrogen and oxygen atoms in total. The lowest BCUT2D eigenvalue weighted by Crippen LogP contribution is -2.15. The number of rotatable bonds is 6. The molecule has 2 heterocycles. The van der Waals surface area contributed by atoms with Gasteiger partial charge in [-0.15, -0.1) is 11.3 Å². The van der Waals surface area contributed by atoms with Gasteiger partial charge in [0.1, 0.15) is 4.88 Å². The van der Waals surface area contributed by atoms with Crippen molar-refractivity contribution in [1.29, 1.82) is 0 Å². The summed E-state index contributed by atoms with van der Waals surface area (Å²) in [6, 6.07) is 9.16. The number of aryl methyl sites for hydroxylation is 1. The Balaban J connectivity index is 1.54. The Morgan fingerprint density at radius 3 is 2.72 bits per heavy atom. The number of thiophene rings is 1. The van der Waals surface area contributed by atoms with Gasteiger partial charge in [0.15, 0.2) is 5.82 Å². The minimum atomic E-state index is -3.53. The van der Waals surface area contributed by atoms with Crippen molar-refractivity contribution in [2.24, 2.45) is 0 Å². The van der Waals surface area contributed by atoms with Crippen molar-refractivity contribution < 1.29 is 12.9 Å².